The van der Waals surface area contributed by atoms with E-state index in [0.29, 0.717) is 17.1 Å². The van der Waals surface area contributed by atoms with Crippen LogP contribution in [0, 0.1) is 13.8 Å². The third-order valence-corrected chi connectivity index (χ3v) is 6.65. The Hall–Kier alpha value is -3.65. The second kappa shape index (κ2) is 9.65. The lowest BCUT2D eigenvalue weighted by molar-refractivity contribution is -0.115. The molecule has 0 bridgehead atoms. The average Bonchev–Trinajstić information content (AvgIpc) is 2.74. The third-order valence-electron chi connectivity index (χ3n) is 4.86. The highest BCUT2D eigenvalue weighted by atomic mass is 32.2. The highest BCUT2D eigenvalue weighted by molar-refractivity contribution is 7.92. The maximum absolute atomic E-state index is 13.4. The standard InChI is InChI=1S/C24H25N3O4S/c1-17-12-13-22(14-18(17)2)27(32(30,31)23-10-5-4-6-11-23)16-24(29)26-21-9-7-8-20(15-21)25-19(3)28/h4-15H,16H2,1-3H3,(H,25,28)(H,26,29). The molecule has 3 rings (SSSR count). The van der Waals surface area contributed by atoms with Crippen LogP contribution in [0.4, 0.5) is 17.1 Å². The van der Waals surface area contributed by atoms with Crippen LogP contribution in [0.5, 0.6) is 0 Å². The van der Waals surface area contributed by atoms with E-state index in [2.05, 4.69) is 10.6 Å². The van der Waals surface area contributed by atoms with Crippen LogP contribution in [0.2, 0.25) is 0 Å². The highest BCUT2D eigenvalue weighted by Crippen LogP contribution is 2.26. The fourth-order valence-electron chi connectivity index (χ4n) is 3.12. The molecule has 0 saturated heterocycles. The molecule has 7 nitrogen and oxygen atoms in total. The number of benzene rings is 3. The molecule has 2 amide bonds. The summed E-state index contributed by atoms with van der Waals surface area (Å²) < 4.78 is 27.9. The fourth-order valence-corrected chi connectivity index (χ4v) is 4.56. The van der Waals surface area contributed by atoms with Crippen molar-refractivity contribution in [2.24, 2.45) is 0 Å². The van der Waals surface area contributed by atoms with Gasteiger partial charge in [-0.25, -0.2) is 8.42 Å². The molecule has 0 unspecified atom stereocenters. The third kappa shape index (κ3) is 5.53. The Kier molecular flexibility index (Phi) is 6.95. The summed E-state index contributed by atoms with van der Waals surface area (Å²) in [5.41, 5.74) is 3.31. The Labute approximate surface area is 188 Å². The van der Waals surface area contributed by atoms with E-state index in [-0.39, 0.29) is 10.8 Å². The summed E-state index contributed by atoms with van der Waals surface area (Å²) in [6, 6.07) is 19.9. The van der Waals surface area contributed by atoms with Crippen molar-refractivity contribution in [2.45, 2.75) is 25.7 Å². The molecule has 0 spiro atoms. The van der Waals surface area contributed by atoms with Gasteiger partial charge in [0.2, 0.25) is 11.8 Å². The summed E-state index contributed by atoms with van der Waals surface area (Å²) in [6.45, 7) is 4.80. The Morgan fingerprint density at radius 2 is 1.47 bits per heavy atom. The van der Waals surface area contributed by atoms with Crippen LogP contribution in [0.1, 0.15) is 18.1 Å². The maximum Gasteiger partial charge on any atom is 0.264 e. The van der Waals surface area contributed by atoms with Gasteiger partial charge in [-0.05, 0) is 67.4 Å². The number of hydrogen-bond acceptors (Lipinski definition) is 4. The second-order valence-corrected chi connectivity index (χ2v) is 9.27. The van der Waals surface area contributed by atoms with E-state index >= 15 is 0 Å². The molecule has 0 aliphatic rings. The quantitative estimate of drug-likeness (QED) is 0.565. The van der Waals surface area contributed by atoms with Crippen molar-refractivity contribution in [3.05, 3.63) is 83.9 Å². The van der Waals surface area contributed by atoms with E-state index in [0.717, 1.165) is 15.4 Å². The summed E-state index contributed by atoms with van der Waals surface area (Å²) in [5, 5.41) is 5.35. The van der Waals surface area contributed by atoms with Crippen molar-refractivity contribution in [3.8, 4) is 0 Å². The summed E-state index contributed by atoms with van der Waals surface area (Å²) in [5.74, 6) is -0.744. The Bertz CT molecular complexity index is 1240. The van der Waals surface area contributed by atoms with E-state index in [1.807, 2.05) is 19.9 Å². The largest absolute Gasteiger partial charge is 0.326 e. The Morgan fingerprint density at radius 3 is 2.09 bits per heavy atom. The van der Waals surface area contributed by atoms with Crippen LogP contribution in [0.15, 0.2) is 77.7 Å². The first-order chi connectivity index (χ1) is 15.2. The van der Waals surface area contributed by atoms with Crippen LogP contribution >= 0.6 is 0 Å². The SMILES string of the molecule is CC(=O)Nc1cccc(NC(=O)CN(c2ccc(C)c(C)c2)S(=O)(=O)c2ccccc2)c1. The topological polar surface area (TPSA) is 95.6 Å². The molecule has 0 radical (unpaired) electrons. The van der Waals surface area contributed by atoms with E-state index in [4.69, 9.17) is 0 Å². The van der Waals surface area contributed by atoms with E-state index in [1.54, 1.807) is 54.6 Å². The van der Waals surface area contributed by atoms with Gasteiger partial charge in [-0.15, -0.1) is 0 Å². The lowest BCUT2D eigenvalue weighted by Crippen LogP contribution is -2.38. The van der Waals surface area contributed by atoms with E-state index < -0.39 is 22.5 Å². The number of aryl methyl sites for hydroxylation is 2. The van der Waals surface area contributed by atoms with Crippen molar-refractivity contribution in [2.75, 3.05) is 21.5 Å². The van der Waals surface area contributed by atoms with E-state index in [9.17, 15) is 18.0 Å². The molecule has 0 aliphatic heterocycles. The van der Waals surface area contributed by atoms with Gasteiger partial charge in [-0.3, -0.25) is 13.9 Å². The number of nitrogens with zero attached hydrogens (tertiary/aromatic N) is 1. The smallest absolute Gasteiger partial charge is 0.264 e. The predicted octanol–water partition coefficient (Wildman–Crippen LogP) is 4.10. The number of rotatable bonds is 7. The lowest BCUT2D eigenvalue weighted by Gasteiger charge is -2.25. The van der Waals surface area contributed by atoms with Crippen LogP contribution in [-0.4, -0.2) is 26.8 Å². The number of sulfonamides is 1. The maximum atomic E-state index is 13.4. The van der Waals surface area contributed by atoms with Gasteiger partial charge < -0.3 is 10.6 Å². The Morgan fingerprint density at radius 1 is 0.812 bits per heavy atom. The molecule has 8 heteroatoms. The molecular formula is C24H25N3O4S. The number of carbonyl (C=O) groups excluding carboxylic acids is 2. The molecule has 0 saturated carbocycles. The molecule has 0 heterocycles. The van der Waals surface area contributed by atoms with Gasteiger partial charge in [0.25, 0.3) is 10.0 Å². The highest BCUT2D eigenvalue weighted by Gasteiger charge is 2.27. The molecule has 166 valence electrons. The van der Waals surface area contributed by atoms with Gasteiger partial charge >= 0.3 is 0 Å². The minimum atomic E-state index is -3.98. The number of hydrogen-bond donors (Lipinski definition) is 2. The molecule has 0 aliphatic carbocycles. The average molecular weight is 452 g/mol. The zero-order valence-corrected chi connectivity index (χ0v) is 18.9. The number of nitrogens with one attached hydrogen (secondary N) is 2. The normalized spacial score (nSPS) is 11.0. The molecule has 2 N–H and O–H groups in total. The minimum absolute atomic E-state index is 0.0960. The minimum Gasteiger partial charge on any atom is -0.326 e. The van der Waals surface area contributed by atoms with Gasteiger partial charge in [-0.1, -0.05) is 30.3 Å². The first kappa shape index (κ1) is 23.0. The van der Waals surface area contributed by atoms with Gasteiger partial charge in [0.1, 0.15) is 6.54 Å². The molecule has 0 aromatic heterocycles. The first-order valence-corrected chi connectivity index (χ1v) is 11.4. The monoisotopic (exact) mass is 451 g/mol. The van der Waals surface area contributed by atoms with Gasteiger partial charge in [0, 0.05) is 18.3 Å². The number of amides is 2. The fraction of sp³-hybridized carbons (Fsp3) is 0.167. The van der Waals surface area contributed by atoms with Crippen LogP contribution in [0.25, 0.3) is 0 Å². The summed E-state index contributed by atoms with van der Waals surface area (Å²) in [6.07, 6.45) is 0. The zero-order valence-electron chi connectivity index (χ0n) is 18.1. The Balaban J connectivity index is 1.91. The van der Waals surface area contributed by atoms with Gasteiger partial charge in [-0.2, -0.15) is 0 Å². The predicted molar refractivity (Wildman–Crippen MR) is 126 cm³/mol. The second-order valence-electron chi connectivity index (χ2n) is 7.40. The molecule has 0 atom stereocenters. The van der Waals surface area contributed by atoms with Crippen LogP contribution in [0.3, 0.4) is 0 Å². The molecule has 3 aromatic carbocycles. The lowest BCUT2D eigenvalue weighted by atomic mass is 10.1. The zero-order chi connectivity index (χ0) is 23.3. The van der Waals surface area contributed by atoms with Crippen molar-refractivity contribution < 1.29 is 18.0 Å². The number of anilines is 3. The number of carbonyl (C=O) groups is 2. The van der Waals surface area contributed by atoms with Crippen molar-refractivity contribution in [1.82, 2.24) is 0 Å². The molecular weight excluding hydrogens is 426 g/mol. The van der Waals surface area contributed by atoms with Crippen molar-refractivity contribution in [1.29, 1.82) is 0 Å². The van der Waals surface area contributed by atoms with Crippen molar-refractivity contribution >= 4 is 38.9 Å². The summed E-state index contributed by atoms with van der Waals surface area (Å²) in [7, 11) is -3.98. The summed E-state index contributed by atoms with van der Waals surface area (Å²) in [4.78, 5) is 24.2. The van der Waals surface area contributed by atoms with Gasteiger partial charge in [0.15, 0.2) is 0 Å². The van der Waals surface area contributed by atoms with E-state index in [1.165, 1.54) is 19.1 Å². The van der Waals surface area contributed by atoms with Crippen LogP contribution < -0.4 is 14.9 Å². The van der Waals surface area contributed by atoms with Crippen molar-refractivity contribution in [3.63, 3.8) is 0 Å². The van der Waals surface area contributed by atoms with Gasteiger partial charge in [0.05, 0.1) is 10.6 Å². The molecule has 0 fully saturated rings. The molecule has 3 aromatic rings. The first-order valence-electron chi connectivity index (χ1n) is 9.99. The van der Waals surface area contributed by atoms with Crippen LogP contribution in [-0.2, 0) is 19.6 Å². The molecule has 32 heavy (non-hydrogen) atoms. The summed E-state index contributed by atoms with van der Waals surface area (Å²) >= 11 is 0.